The Labute approximate surface area is 134 Å². The number of thiazole rings is 1. The Bertz CT molecular complexity index is 523. The topological polar surface area (TPSA) is 24.9 Å². The van der Waals surface area contributed by atoms with Crippen molar-refractivity contribution in [2.45, 2.75) is 31.0 Å². The smallest absolute Gasteiger partial charge is 0.103 e. The number of nitrogens with one attached hydrogen (secondary N) is 1. The third-order valence-electron chi connectivity index (χ3n) is 2.63. The fourth-order valence-electron chi connectivity index (χ4n) is 1.66. The molecule has 1 heterocycles. The van der Waals surface area contributed by atoms with Crippen LogP contribution < -0.4 is 5.32 Å². The summed E-state index contributed by atoms with van der Waals surface area (Å²) in [7, 11) is 0. The van der Waals surface area contributed by atoms with Crippen molar-refractivity contribution in [2.75, 3.05) is 6.54 Å². The molecule has 1 aromatic carbocycles. The van der Waals surface area contributed by atoms with E-state index in [0.29, 0.717) is 5.92 Å². The largest absolute Gasteiger partial charge is 0.312 e. The second-order valence-corrected chi connectivity index (χ2v) is 7.67. The molecule has 0 aliphatic heterocycles. The number of halogens is 1. The second-order valence-electron chi connectivity index (χ2n) is 4.99. The summed E-state index contributed by atoms with van der Waals surface area (Å²) in [6.07, 6.45) is 1.98. The van der Waals surface area contributed by atoms with Crippen molar-refractivity contribution in [3.8, 4) is 0 Å². The summed E-state index contributed by atoms with van der Waals surface area (Å²) in [6.45, 7) is 6.40. The van der Waals surface area contributed by atoms with Crippen molar-refractivity contribution in [1.29, 1.82) is 0 Å². The normalized spacial score (nSPS) is 11.2. The Morgan fingerprint density at radius 3 is 2.75 bits per heavy atom. The third kappa shape index (κ3) is 5.44. The highest BCUT2D eigenvalue weighted by atomic mass is 35.5. The van der Waals surface area contributed by atoms with Crippen LogP contribution in [0.2, 0.25) is 5.02 Å². The molecule has 0 amide bonds. The lowest BCUT2D eigenvalue weighted by atomic mass is 10.2. The number of hydrogen-bond donors (Lipinski definition) is 1. The monoisotopic (exact) mass is 326 g/mol. The molecular formula is C15H19ClN2S2. The molecule has 0 aliphatic carbocycles. The molecule has 0 spiro atoms. The zero-order valence-corrected chi connectivity index (χ0v) is 14.1. The first kappa shape index (κ1) is 15.8. The van der Waals surface area contributed by atoms with Crippen LogP contribution >= 0.6 is 34.7 Å². The van der Waals surface area contributed by atoms with Crippen LogP contribution in [-0.4, -0.2) is 11.5 Å². The number of hydrogen-bond acceptors (Lipinski definition) is 4. The Morgan fingerprint density at radius 2 is 2.05 bits per heavy atom. The molecule has 0 saturated heterocycles. The van der Waals surface area contributed by atoms with Gasteiger partial charge in [-0.25, -0.2) is 4.98 Å². The van der Waals surface area contributed by atoms with E-state index in [4.69, 9.17) is 11.6 Å². The van der Waals surface area contributed by atoms with E-state index >= 15 is 0 Å². The summed E-state index contributed by atoms with van der Waals surface area (Å²) >= 11 is 9.46. The first-order valence-corrected chi connectivity index (χ1v) is 8.84. The second kappa shape index (κ2) is 8.03. The maximum atomic E-state index is 5.88. The van der Waals surface area contributed by atoms with Gasteiger partial charge >= 0.3 is 0 Å². The minimum absolute atomic E-state index is 0.683. The summed E-state index contributed by atoms with van der Waals surface area (Å²) in [6, 6.07) is 7.94. The molecule has 2 nitrogen and oxygen atoms in total. The van der Waals surface area contributed by atoms with Gasteiger partial charge in [-0.15, -0.1) is 23.1 Å². The van der Waals surface area contributed by atoms with Crippen LogP contribution in [-0.2, 0) is 12.3 Å². The standard InChI is InChI=1S/C15H19ClN2S2/c1-11(2)7-17-8-14-9-18-15(20-14)10-19-13-5-3-12(16)4-6-13/h3-6,9,11,17H,7-8,10H2,1-2H3. The first-order chi connectivity index (χ1) is 9.63. The molecule has 0 bridgehead atoms. The predicted octanol–water partition coefficient (Wildman–Crippen LogP) is 4.83. The molecule has 0 unspecified atom stereocenters. The summed E-state index contributed by atoms with van der Waals surface area (Å²) < 4.78 is 0. The molecule has 20 heavy (non-hydrogen) atoms. The molecule has 2 aromatic rings. The Kier molecular flexibility index (Phi) is 6.36. The molecule has 108 valence electrons. The zero-order valence-electron chi connectivity index (χ0n) is 11.7. The lowest BCUT2D eigenvalue weighted by Gasteiger charge is -2.04. The van der Waals surface area contributed by atoms with Gasteiger partial charge in [0.2, 0.25) is 0 Å². The van der Waals surface area contributed by atoms with Gasteiger partial charge < -0.3 is 5.32 Å². The average Bonchev–Trinajstić information content (AvgIpc) is 2.86. The molecular weight excluding hydrogens is 308 g/mol. The summed E-state index contributed by atoms with van der Waals surface area (Å²) in [5, 5.41) is 5.40. The summed E-state index contributed by atoms with van der Waals surface area (Å²) in [5.41, 5.74) is 0. The van der Waals surface area contributed by atoms with Crippen LogP contribution in [0.1, 0.15) is 23.7 Å². The molecule has 0 aliphatic rings. The first-order valence-electron chi connectivity index (χ1n) is 6.66. The van der Waals surface area contributed by atoms with Gasteiger partial charge in [-0.05, 0) is 36.7 Å². The fraction of sp³-hybridized carbons (Fsp3) is 0.400. The quantitative estimate of drug-likeness (QED) is 0.737. The van der Waals surface area contributed by atoms with Crippen LogP contribution in [0.3, 0.4) is 0 Å². The van der Waals surface area contributed by atoms with Crippen molar-refractivity contribution in [1.82, 2.24) is 10.3 Å². The van der Waals surface area contributed by atoms with Crippen molar-refractivity contribution in [3.63, 3.8) is 0 Å². The van der Waals surface area contributed by atoms with Crippen LogP contribution in [0.5, 0.6) is 0 Å². The van der Waals surface area contributed by atoms with Gasteiger partial charge in [-0.3, -0.25) is 0 Å². The van der Waals surface area contributed by atoms with Gasteiger partial charge in [-0.2, -0.15) is 0 Å². The molecule has 1 N–H and O–H groups in total. The van der Waals surface area contributed by atoms with Crippen molar-refractivity contribution < 1.29 is 0 Å². The Balaban J connectivity index is 1.79. The molecule has 5 heteroatoms. The number of thioether (sulfide) groups is 1. The zero-order chi connectivity index (χ0) is 14.4. The SMILES string of the molecule is CC(C)CNCc1cnc(CSc2ccc(Cl)cc2)s1. The molecule has 0 atom stereocenters. The van der Waals surface area contributed by atoms with Crippen molar-refractivity contribution in [2.24, 2.45) is 5.92 Å². The minimum atomic E-state index is 0.683. The highest BCUT2D eigenvalue weighted by molar-refractivity contribution is 7.98. The summed E-state index contributed by atoms with van der Waals surface area (Å²) in [5.74, 6) is 1.60. The maximum absolute atomic E-state index is 5.88. The number of rotatable bonds is 7. The number of nitrogens with zero attached hydrogens (tertiary/aromatic N) is 1. The minimum Gasteiger partial charge on any atom is -0.312 e. The van der Waals surface area contributed by atoms with E-state index in [9.17, 15) is 0 Å². The van der Waals surface area contributed by atoms with E-state index in [1.807, 2.05) is 30.5 Å². The van der Waals surface area contributed by atoms with Gasteiger partial charge in [-0.1, -0.05) is 25.4 Å². The van der Waals surface area contributed by atoms with E-state index in [-0.39, 0.29) is 0 Å². The fourth-order valence-corrected chi connectivity index (χ4v) is 3.58. The van der Waals surface area contributed by atoms with E-state index in [1.165, 1.54) is 14.8 Å². The van der Waals surface area contributed by atoms with Gasteiger partial charge in [0.05, 0.1) is 5.75 Å². The molecule has 0 saturated carbocycles. The van der Waals surface area contributed by atoms with Crippen LogP contribution in [0.4, 0.5) is 0 Å². The molecule has 0 fully saturated rings. The van der Waals surface area contributed by atoms with Gasteiger partial charge in [0.15, 0.2) is 0 Å². The van der Waals surface area contributed by atoms with Crippen LogP contribution in [0.15, 0.2) is 35.4 Å². The maximum Gasteiger partial charge on any atom is 0.103 e. The van der Waals surface area contributed by atoms with Gasteiger partial charge in [0.1, 0.15) is 5.01 Å². The van der Waals surface area contributed by atoms with E-state index in [2.05, 4.69) is 24.1 Å². The van der Waals surface area contributed by atoms with Gasteiger partial charge in [0.25, 0.3) is 0 Å². The Hall–Kier alpha value is -0.550. The van der Waals surface area contributed by atoms with Crippen LogP contribution in [0.25, 0.3) is 0 Å². The summed E-state index contributed by atoms with van der Waals surface area (Å²) in [4.78, 5) is 7.01. The molecule has 2 rings (SSSR count). The highest BCUT2D eigenvalue weighted by Gasteiger charge is 2.03. The van der Waals surface area contributed by atoms with Crippen LogP contribution in [0, 0.1) is 5.92 Å². The van der Waals surface area contributed by atoms with Gasteiger partial charge in [0, 0.05) is 27.5 Å². The lowest BCUT2D eigenvalue weighted by Crippen LogP contribution is -2.18. The van der Waals surface area contributed by atoms with E-state index in [0.717, 1.165) is 23.9 Å². The highest BCUT2D eigenvalue weighted by Crippen LogP contribution is 2.26. The molecule has 1 aromatic heterocycles. The van der Waals surface area contributed by atoms with Crippen molar-refractivity contribution >= 4 is 34.7 Å². The van der Waals surface area contributed by atoms with E-state index < -0.39 is 0 Å². The average molecular weight is 327 g/mol. The third-order valence-corrected chi connectivity index (χ3v) is 5.08. The lowest BCUT2D eigenvalue weighted by molar-refractivity contribution is 0.554. The number of aromatic nitrogens is 1. The van der Waals surface area contributed by atoms with E-state index in [1.54, 1.807) is 23.1 Å². The number of benzene rings is 1. The molecule has 0 radical (unpaired) electrons. The predicted molar refractivity (Wildman–Crippen MR) is 89.7 cm³/mol. The van der Waals surface area contributed by atoms with Crippen molar-refractivity contribution in [3.05, 3.63) is 45.4 Å². The Morgan fingerprint density at radius 1 is 1.30 bits per heavy atom.